The van der Waals surface area contributed by atoms with Gasteiger partial charge >= 0.3 is 0 Å². The third-order valence-corrected chi connectivity index (χ3v) is 3.38. The molecule has 3 heteroatoms. The molecule has 1 fully saturated rings. The summed E-state index contributed by atoms with van der Waals surface area (Å²) in [7, 11) is 2.08. The zero-order valence-electron chi connectivity index (χ0n) is 10.6. The molecule has 0 aliphatic carbocycles. The van der Waals surface area contributed by atoms with E-state index in [1.807, 2.05) is 6.07 Å². The first kappa shape index (κ1) is 12.5. The lowest BCUT2D eigenvalue weighted by Gasteiger charge is -2.33. The predicted octanol–water partition coefficient (Wildman–Crippen LogP) is 2.78. The smallest absolute Gasteiger partial charge is 0.123 e. The van der Waals surface area contributed by atoms with Crippen molar-refractivity contribution >= 4 is 0 Å². The molecule has 0 aromatic heterocycles. The molecule has 0 spiro atoms. The van der Waals surface area contributed by atoms with Crippen LogP contribution in [0.2, 0.25) is 0 Å². The van der Waals surface area contributed by atoms with E-state index in [1.54, 1.807) is 12.1 Å². The molecule has 2 rings (SSSR count). The standard InChI is InChI=1S/C14H20FNO/c1-3-4-11-5-6-12(15)9-13(11)14-10-17-8-7-16(14)2/h5-6,9,14H,3-4,7-8,10H2,1-2H3. The second-order valence-corrected chi connectivity index (χ2v) is 4.66. The van der Waals surface area contributed by atoms with E-state index in [2.05, 4.69) is 18.9 Å². The predicted molar refractivity (Wildman–Crippen MR) is 66.6 cm³/mol. The quantitative estimate of drug-likeness (QED) is 0.801. The number of hydrogen-bond acceptors (Lipinski definition) is 2. The van der Waals surface area contributed by atoms with Gasteiger partial charge < -0.3 is 4.74 Å². The summed E-state index contributed by atoms with van der Waals surface area (Å²) in [5.41, 5.74) is 2.34. The van der Waals surface area contributed by atoms with Gasteiger partial charge in [0.15, 0.2) is 0 Å². The normalized spacial score (nSPS) is 21.7. The monoisotopic (exact) mass is 237 g/mol. The molecule has 1 aromatic carbocycles. The Morgan fingerprint density at radius 1 is 1.47 bits per heavy atom. The zero-order chi connectivity index (χ0) is 12.3. The summed E-state index contributed by atoms with van der Waals surface area (Å²) in [5.74, 6) is -0.154. The van der Waals surface area contributed by atoms with Gasteiger partial charge in [0.2, 0.25) is 0 Å². The van der Waals surface area contributed by atoms with E-state index < -0.39 is 0 Å². The summed E-state index contributed by atoms with van der Waals surface area (Å²) in [4.78, 5) is 2.25. The number of likely N-dealkylation sites (N-methyl/N-ethyl adjacent to an activating group) is 1. The molecule has 0 amide bonds. The Bertz CT molecular complexity index is 380. The number of aryl methyl sites for hydroxylation is 1. The van der Waals surface area contributed by atoms with Crippen LogP contribution in [-0.2, 0) is 11.2 Å². The fourth-order valence-corrected chi connectivity index (χ4v) is 2.39. The highest BCUT2D eigenvalue weighted by Gasteiger charge is 2.23. The van der Waals surface area contributed by atoms with Crippen LogP contribution < -0.4 is 0 Å². The van der Waals surface area contributed by atoms with Gasteiger partial charge in [-0.1, -0.05) is 19.4 Å². The van der Waals surface area contributed by atoms with E-state index in [1.165, 1.54) is 5.56 Å². The van der Waals surface area contributed by atoms with Crippen molar-refractivity contribution in [1.82, 2.24) is 4.90 Å². The van der Waals surface area contributed by atoms with Crippen LogP contribution in [0.4, 0.5) is 4.39 Å². The minimum absolute atomic E-state index is 0.154. The largest absolute Gasteiger partial charge is 0.378 e. The van der Waals surface area contributed by atoms with Crippen LogP contribution in [-0.4, -0.2) is 31.7 Å². The highest BCUT2D eigenvalue weighted by molar-refractivity contribution is 5.31. The number of ether oxygens (including phenoxy) is 1. The summed E-state index contributed by atoms with van der Waals surface area (Å²) in [6, 6.07) is 5.33. The van der Waals surface area contributed by atoms with Gasteiger partial charge in [0.25, 0.3) is 0 Å². The summed E-state index contributed by atoms with van der Waals surface area (Å²) < 4.78 is 18.9. The number of halogens is 1. The summed E-state index contributed by atoms with van der Waals surface area (Å²) >= 11 is 0. The van der Waals surface area contributed by atoms with Gasteiger partial charge in [-0.15, -0.1) is 0 Å². The van der Waals surface area contributed by atoms with Crippen molar-refractivity contribution < 1.29 is 9.13 Å². The molecule has 1 aliphatic heterocycles. The van der Waals surface area contributed by atoms with E-state index >= 15 is 0 Å². The third-order valence-electron chi connectivity index (χ3n) is 3.38. The number of benzene rings is 1. The molecule has 0 radical (unpaired) electrons. The molecule has 1 unspecified atom stereocenters. The SMILES string of the molecule is CCCc1ccc(F)cc1C1COCCN1C. The first-order chi connectivity index (χ1) is 8.22. The number of rotatable bonds is 3. The molecule has 17 heavy (non-hydrogen) atoms. The van der Waals surface area contributed by atoms with Crippen molar-refractivity contribution in [2.24, 2.45) is 0 Å². The second kappa shape index (κ2) is 5.61. The molecule has 0 saturated carbocycles. The molecule has 1 heterocycles. The van der Waals surface area contributed by atoms with E-state index in [0.717, 1.165) is 31.6 Å². The highest BCUT2D eigenvalue weighted by Crippen LogP contribution is 2.27. The molecule has 1 aromatic rings. The van der Waals surface area contributed by atoms with Gasteiger partial charge in [-0.25, -0.2) is 4.39 Å². The van der Waals surface area contributed by atoms with E-state index in [9.17, 15) is 4.39 Å². The number of nitrogens with zero attached hydrogens (tertiary/aromatic N) is 1. The average Bonchev–Trinajstić information content (AvgIpc) is 2.32. The molecule has 1 atom stereocenters. The fourth-order valence-electron chi connectivity index (χ4n) is 2.39. The molecule has 2 nitrogen and oxygen atoms in total. The molecular formula is C14H20FNO. The van der Waals surface area contributed by atoms with Crippen molar-refractivity contribution in [2.75, 3.05) is 26.8 Å². The fraction of sp³-hybridized carbons (Fsp3) is 0.571. The first-order valence-corrected chi connectivity index (χ1v) is 6.28. The molecule has 0 N–H and O–H groups in total. The minimum Gasteiger partial charge on any atom is -0.378 e. The maximum atomic E-state index is 13.4. The summed E-state index contributed by atoms with van der Waals surface area (Å²) in [6.45, 7) is 4.49. The van der Waals surface area contributed by atoms with E-state index in [0.29, 0.717) is 6.61 Å². The topological polar surface area (TPSA) is 12.5 Å². The van der Waals surface area contributed by atoms with Gasteiger partial charge in [-0.2, -0.15) is 0 Å². The Morgan fingerprint density at radius 3 is 3.00 bits per heavy atom. The Hall–Kier alpha value is -0.930. The second-order valence-electron chi connectivity index (χ2n) is 4.66. The van der Waals surface area contributed by atoms with Gasteiger partial charge in [-0.3, -0.25) is 4.90 Å². The molecule has 1 saturated heterocycles. The summed E-state index contributed by atoms with van der Waals surface area (Å²) in [5, 5.41) is 0. The van der Waals surface area contributed by atoms with Gasteiger partial charge in [0.1, 0.15) is 5.82 Å². The Balaban J connectivity index is 2.30. The van der Waals surface area contributed by atoms with Crippen molar-refractivity contribution in [3.05, 3.63) is 35.1 Å². The number of hydrogen-bond donors (Lipinski definition) is 0. The van der Waals surface area contributed by atoms with Crippen molar-refractivity contribution in [2.45, 2.75) is 25.8 Å². The minimum atomic E-state index is -0.154. The van der Waals surface area contributed by atoms with Crippen LogP contribution in [0.15, 0.2) is 18.2 Å². The van der Waals surface area contributed by atoms with Crippen molar-refractivity contribution in [1.29, 1.82) is 0 Å². The van der Waals surface area contributed by atoms with E-state index in [-0.39, 0.29) is 11.9 Å². The van der Waals surface area contributed by atoms with Gasteiger partial charge in [0, 0.05) is 6.54 Å². The van der Waals surface area contributed by atoms with Crippen molar-refractivity contribution in [3.8, 4) is 0 Å². The molecule has 1 aliphatic rings. The van der Waals surface area contributed by atoms with Crippen LogP contribution in [0.1, 0.15) is 30.5 Å². The van der Waals surface area contributed by atoms with Crippen LogP contribution in [0, 0.1) is 5.82 Å². The third kappa shape index (κ3) is 2.85. The van der Waals surface area contributed by atoms with Crippen LogP contribution >= 0.6 is 0 Å². The van der Waals surface area contributed by atoms with Crippen molar-refractivity contribution in [3.63, 3.8) is 0 Å². The first-order valence-electron chi connectivity index (χ1n) is 6.28. The molecule has 94 valence electrons. The lowest BCUT2D eigenvalue weighted by molar-refractivity contribution is 0.00465. The van der Waals surface area contributed by atoms with Gasteiger partial charge in [0.05, 0.1) is 19.3 Å². The molecule has 0 bridgehead atoms. The average molecular weight is 237 g/mol. The Morgan fingerprint density at radius 2 is 2.29 bits per heavy atom. The highest BCUT2D eigenvalue weighted by atomic mass is 19.1. The molecular weight excluding hydrogens is 217 g/mol. The summed E-state index contributed by atoms with van der Waals surface area (Å²) in [6.07, 6.45) is 2.08. The van der Waals surface area contributed by atoms with Gasteiger partial charge in [-0.05, 0) is 36.7 Å². The maximum Gasteiger partial charge on any atom is 0.123 e. The Kier molecular flexibility index (Phi) is 4.13. The van der Waals surface area contributed by atoms with E-state index in [4.69, 9.17) is 4.74 Å². The lowest BCUT2D eigenvalue weighted by atomic mass is 9.96. The lowest BCUT2D eigenvalue weighted by Crippen LogP contribution is -2.37. The zero-order valence-corrected chi connectivity index (χ0v) is 10.6. The van der Waals surface area contributed by atoms with Crippen LogP contribution in [0.3, 0.4) is 0 Å². The Labute approximate surface area is 102 Å². The van der Waals surface area contributed by atoms with Crippen LogP contribution in [0.5, 0.6) is 0 Å². The van der Waals surface area contributed by atoms with Crippen LogP contribution in [0.25, 0.3) is 0 Å². The maximum absolute atomic E-state index is 13.4. The number of morpholine rings is 1.